The lowest BCUT2D eigenvalue weighted by Gasteiger charge is -2.10. The maximum Gasteiger partial charge on any atom is 0.268 e. The maximum atomic E-state index is 13.2. The molecule has 2 aromatic carbocycles. The van der Waals surface area contributed by atoms with E-state index in [1.165, 1.54) is 6.07 Å². The summed E-state index contributed by atoms with van der Waals surface area (Å²) in [7, 11) is 0. The number of hydrogen-bond donors (Lipinski definition) is 2. The number of nitriles is 2. The zero-order valence-corrected chi connectivity index (χ0v) is 14.3. The molecule has 0 aliphatic heterocycles. The molecule has 0 radical (unpaired) electrons. The van der Waals surface area contributed by atoms with Crippen LogP contribution in [0, 0.1) is 34.3 Å². The first-order chi connectivity index (χ1) is 13.4. The highest BCUT2D eigenvalue weighted by Gasteiger charge is 2.18. The van der Waals surface area contributed by atoms with E-state index < -0.39 is 17.2 Å². The van der Waals surface area contributed by atoms with Gasteiger partial charge in [-0.1, -0.05) is 24.3 Å². The Hall–Kier alpha value is -4.17. The summed E-state index contributed by atoms with van der Waals surface area (Å²) in [6.45, 7) is 0.0824. The van der Waals surface area contributed by atoms with Crippen molar-refractivity contribution < 1.29 is 13.5 Å². The third kappa shape index (κ3) is 3.53. The van der Waals surface area contributed by atoms with Crippen LogP contribution in [-0.4, -0.2) is 4.98 Å². The van der Waals surface area contributed by atoms with Gasteiger partial charge in [-0.2, -0.15) is 10.5 Å². The molecule has 0 aliphatic carbocycles. The highest BCUT2D eigenvalue weighted by molar-refractivity contribution is 5.80. The summed E-state index contributed by atoms with van der Waals surface area (Å²) in [6, 6.07) is 13.5. The van der Waals surface area contributed by atoms with Gasteiger partial charge >= 0.3 is 0 Å². The van der Waals surface area contributed by atoms with Crippen molar-refractivity contribution in [2.24, 2.45) is 0 Å². The zero-order chi connectivity index (χ0) is 20.3. The van der Waals surface area contributed by atoms with E-state index in [4.69, 9.17) is 10.5 Å². The van der Waals surface area contributed by atoms with Gasteiger partial charge in [-0.3, -0.25) is 4.79 Å². The van der Waals surface area contributed by atoms with E-state index in [1.54, 1.807) is 30.3 Å². The Balaban J connectivity index is 1.89. The number of nitrogens with zero attached hydrogens (tertiary/aromatic N) is 2. The summed E-state index contributed by atoms with van der Waals surface area (Å²) >= 11 is 0. The van der Waals surface area contributed by atoms with Crippen molar-refractivity contribution in [2.75, 3.05) is 5.73 Å². The maximum absolute atomic E-state index is 13.2. The number of benzene rings is 2. The standard InChI is InChI=1S/C20H12F2N4O2/c21-16-6-5-13(7-17(16)22)28-10-11-1-3-12(4-2-11)18-14(8-23)19(25)26-20(27)15(18)9-24/h1-7H,10H2,(H3,25,26,27). The minimum Gasteiger partial charge on any atom is -0.489 e. The van der Waals surface area contributed by atoms with Gasteiger partial charge in [0.1, 0.15) is 41.4 Å². The van der Waals surface area contributed by atoms with Gasteiger partial charge in [-0.05, 0) is 23.3 Å². The molecular weight excluding hydrogens is 366 g/mol. The van der Waals surface area contributed by atoms with Crippen LogP contribution in [0.1, 0.15) is 16.7 Å². The molecule has 0 bridgehead atoms. The molecule has 0 atom stereocenters. The number of anilines is 1. The van der Waals surface area contributed by atoms with Crippen molar-refractivity contribution in [3.05, 3.63) is 81.1 Å². The monoisotopic (exact) mass is 378 g/mol. The fourth-order valence-electron chi connectivity index (χ4n) is 2.63. The minimum absolute atomic E-state index is 0.00179. The topological polar surface area (TPSA) is 116 Å². The van der Waals surface area contributed by atoms with E-state index in [2.05, 4.69) is 4.98 Å². The van der Waals surface area contributed by atoms with Crippen molar-refractivity contribution in [3.63, 3.8) is 0 Å². The summed E-state index contributed by atoms with van der Waals surface area (Å²) in [5.41, 5.74) is 6.11. The summed E-state index contributed by atoms with van der Waals surface area (Å²) in [5, 5.41) is 18.6. The summed E-state index contributed by atoms with van der Waals surface area (Å²) < 4.78 is 31.6. The normalized spacial score (nSPS) is 10.1. The number of aromatic nitrogens is 1. The summed E-state index contributed by atoms with van der Waals surface area (Å²) in [5.74, 6) is -1.92. The van der Waals surface area contributed by atoms with Crippen LogP contribution in [0.25, 0.3) is 11.1 Å². The Labute approximate surface area is 158 Å². The van der Waals surface area contributed by atoms with Crippen molar-refractivity contribution in [1.29, 1.82) is 10.5 Å². The molecular formula is C20H12F2N4O2. The third-order valence-electron chi connectivity index (χ3n) is 4.01. The number of aromatic amines is 1. The molecule has 1 aromatic heterocycles. The molecule has 0 fully saturated rings. The van der Waals surface area contributed by atoms with E-state index in [0.29, 0.717) is 11.1 Å². The fourth-order valence-corrected chi connectivity index (χ4v) is 2.63. The predicted molar refractivity (Wildman–Crippen MR) is 97.0 cm³/mol. The first-order valence-electron chi connectivity index (χ1n) is 7.97. The third-order valence-corrected chi connectivity index (χ3v) is 4.01. The van der Waals surface area contributed by atoms with E-state index in [-0.39, 0.29) is 34.9 Å². The fraction of sp³-hybridized carbons (Fsp3) is 0.0500. The molecule has 3 aromatic rings. The molecule has 3 N–H and O–H groups in total. The Bertz CT molecular complexity index is 1190. The highest BCUT2D eigenvalue weighted by atomic mass is 19.2. The molecule has 0 aliphatic rings. The van der Waals surface area contributed by atoms with Crippen LogP contribution in [0.15, 0.2) is 47.3 Å². The second-order valence-electron chi connectivity index (χ2n) is 5.78. The van der Waals surface area contributed by atoms with Gasteiger partial charge in [-0.25, -0.2) is 8.78 Å². The van der Waals surface area contributed by atoms with E-state index in [0.717, 1.165) is 12.1 Å². The Morgan fingerprint density at radius 2 is 1.68 bits per heavy atom. The van der Waals surface area contributed by atoms with Gasteiger partial charge in [0.15, 0.2) is 11.6 Å². The molecule has 3 rings (SSSR count). The quantitative estimate of drug-likeness (QED) is 0.723. The largest absolute Gasteiger partial charge is 0.489 e. The van der Waals surface area contributed by atoms with Crippen LogP contribution < -0.4 is 16.0 Å². The van der Waals surface area contributed by atoms with Gasteiger partial charge in [-0.15, -0.1) is 0 Å². The molecule has 1 heterocycles. The minimum atomic E-state index is -1.01. The van der Waals surface area contributed by atoms with Gasteiger partial charge in [0.05, 0.1) is 0 Å². The molecule has 0 unspecified atom stereocenters. The number of nitrogen functional groups attached to an aromatic ring is 1. The van der Waals surface area contributed by atoms with Gasteiger partial charge < -0.3 is 15.5 Å². The van der Waals surface area contributed by atoms with Gasteiger partial charge in [0.2, 0.25) is 0 Å². The van der Waals surface area contributed by atoms with Crippen LogP contribution in [0.5, 0.6) is 5.75 Å². The van der Waals surface area contributed by atoms with Crippen molar-refractivity contribution in [2.45, 2.75) is 6.61 Å². The molecule has 0 saturated heterocycles. The van der Waals surface area contributed by atoms with E-state index in [1.807, 2.05) is 6.07 Å². The van der Waals surface area contributed by atoms with Gasteiger partial charge in [0, 0.05) is 11.6 Å². The van der Waals surface area contributed by atoms with Crippen LogP contribution >= 0.6 is 0 Å². The van der Waals surface area contributed by atoms with E-state index in [9.17, 15) is 24.1 Å². The number of hydrogen-bond acceptors (Lipinski definition) is 5. The lowest BCUT2D eigenvalue weighted by Crippen LogP contribution is -2.16. The number of halogens is 2. The zero-order valence-electron chi connectivity index (χ0n) is 14.3. The van der Waals surface area contributed by atoms with Gasteiger partial charge in [0.25, 0.3) is 5.56 Å². The van der Waals surface area contributed by atoms with Crippen LogP contribution in [0.4, 0.5) is 14.6 Å². The molecule has 0 amide bonds. The van der Waals surface area contributed by atoms with Crippen molar-refractivity contribution >= 4 is 5.82 Å². The van der Waals surface area contributed by atoms with E-state index >= 15 is 0 Å². The average molecular weight is 378 g/mol. The Morgan fingerprint density at radius 1 is 1.00 bits per heavy atom. The molecule has 138 valence electrons. The molecule has 0 saturated carbocycles. The van der Waals surface area contributed by atoms with Crippen LogP contribution in [0.2, 0.25) is 0 Å². The van der Waals surface area contributed by atoms with Crippen molar-refractivity contribution in [3.8, 4) is 29.0 Å². The molecule has 0 spiro atoms. The first-order valence-corrected chi connectivity index (χ1v) is 7.97. The van der Waals surface area contributed by atoms with Crippen molar-refractivity contribution in [1.82, 2.24) is 4.98 Å². The summed E-state index contributed by atoms with van der Waals surface area (Å²) in [4.78, 5) is 14.2. The molecule has 8 heteroatoms. The lowest BCUT2D eigenvalue weighted by molar-refractivity contribution is 0.303. The Morgan fingerprint density at radius 3 is 2.29 bits per heavy atom. The summed E-state index contributed by atoms with van der Waals surface area (Å²) in [6.07, 6.45) is 0. The first kappa shape index (κ1) is 18.6. The number of nitrogens with one attached hydrogen (secondary N) is 1. The lowest BCUT2D eigenvalue weighted by atomic mass is 9.96. The number of nitrogens with two attached hydrogens (primary N) is 1. The second kappa shape index (κ2) is 7.60. The number of pyridine rings is 1. The van der Waals surface area contributed by atoms with Crippen LogP contribution in [-0.2, 0) is 6.61 Å². The number of H-pyrrole nitrogens is 1. The Kier molecular flexibility index (Phi) is 5.05. The average Bonchev–Trinajstić information content (AvgIpc) is 2.69. The van der Waals surface area contributed by atoms with Crippen LogP contribution in [0.3, 0.4) is 0 Å². The smallest absolute Gasteiger partial charge is 0.268 e. The second-order valence-corrected chi connectivity index (χ2v) is 5.78. The molecule has 28 heavy (non-hydrogen) atoms. The predicted octanol–water partition coefficient (Wildman–Crippen LogP) is 3.22. The molecule has 6 nitrogen and oxygen atoms in total. The number of rotatable bonds is 4. The SMILES string of the molecule is N#Cc1c(N)[nH]c(=O)c(C#N)c1-c1ccc(COc2ccc(F)c(F)c2)cc1. The number of ether oxygens (including phenoxy) is 1. The highest BCUT2D eigenvalue weighted by Crippen LogP contribution is 2.28.